The van der Waals surface area contributed by atoms with Gasteiger partial charge in [0.1, 0.15) is 0 Å². The summed E-state index contributed by atoms with van der Waals surface area (Å²) in [6.07, 6.45) is 3.87. The minimum Gasteiger partial charge on any atom is -0.330 e. The normalized spacial score (nSPS) is 11.0. The summed E-state index contributed by atoms with van der Waals surface area (Å²) in [4.78, 5) is 0. The van der Waals surface area contributed by atoms with E-state index in [9.17, 15) is 0 Å². The summed E-state index contributed by atoms with van der Waals surface area (Å²) >= 11 is 0. The molecule has 0 aliphatic carbocycles. The highest BCUT2D eigenvalue weighted by Crippen LogP contribution is 2.19. The van der Waals surface area contributed by atoms with E-state index >= 15 is 0 Å². The van der Waals surface area contributed by atoms with Gasteiger partial charge in [0.05, 0.1) is 6.20 Å². The number of nitrogens with two attached hydrogens (primary N) is 1. The lowest BCUT2D eigenvalue weighted by atomic mass is 9.87. The lowest BCUT2D eigenvalue weighted by Gasteiger charge is -2.19. The van der Waals surface area contributed by atoms with Crippen LogP contribution in [0.3, 0.4) is 0 Å². The molecule has 0 aliphatic rings. The van der Waals surface area contributed by atoms with E-state index in [0.717, 1.165) is 0 Å². The molecule has 70 valence electrons. The predicted molar refractivity (Wildman–Crippen MR) is 52.5 cm³/mol. The molecular formula is C8H16ClN3. The number of hydrogen-bond donors (Lipinski definition) is 1. The van der Waals surface area contributed by atoms with Crippen LogP contribution in [0.4, 0.5) is 0 Å². The average Bonchev–Trinajstić information content (AvgIpc) is 2.36. The third kappa shape index (κ3) is 2.22. The van der Waals surface area contributed by atoms with Crippen molar-refractivity contribution in [2.45, 2.75) is 19.3 Å². The van der Waals surface area contributed by atoms with Gasteiger partial charge in [-0.15, -0.1) is 12.4 Å². The van der Waals surface area contributed by atoms with Crippen molar-refractivity contribution < 1.29 is 0 Å². The Labute approximate surface area is 79.4 Å². The van der Waals surface area contributed by atoms with Crippen LogP contribution in [-0.2, 0) is 12.5 Å². The topological polar surface area (TPSA) is 43.8 Å². The molecule has 3 nitrogen and oxygen atoms in total. The highest BCUT2D eigenvalue weighted by Gasteiger charge is 2.19. The minimum atomic E-state index is 0. The summed E-state index contributed by atoms with van der Waals surface area (Å²) in [5.41, 5.74) is 6.86. The van der Waals surface area contributed by atoms with E-state index in [1.807, 2.05) is 19.4 Å². The van der Waals surface area contributed by atoms with Gasteiger partial charge < -0.3 is 5.73 Å². The van der Waals surface area contributed by atoms with Crippen molar-refractivity contribution >= 4 is 12.4 Å². The molecule has 0 bridgehead atoms. The van der Waals surface area contributed by atoms with Crippen LogP contribution < -0.4 is 5.73 Å². The van der Waals surface area contributed by atoms with Crippen LogP contribution >= 0.6 is 12.4 Å². The molecule has 0 unspecified atom stereocenters. The summed E-state index contributed by atoms with van der Waals surface area (Å²) in [6.45, 7) is 4.88. The van der Waals surface area contributed by atoms with Gasteiger partial charge in [-0.05, 0) is 5.56 Å². The Kier molecular flexibility index (Phi) is 3.74. The Morgan fingerprint density at radius 1 is 1.58 bits per heavy atom. The molecule has 0 saturated carbocycles. The summed E-state index contributed by atoms with van der Waals surface area (Å²) in [5.74, 6) is 0. The van der Waals surface area contributed by atoms with E-state index in [1.165, 1.54) is 5.56 Å². The number of rotatable bonds is 2. The second-order valence-corrected chi connectivity index (χ2v) is 3.49. The van der Waals surface area contributed by atoms with E-state index in [1.54, 1.807) is 4.68 Å². The second kappa shape index (κ2) is 3.92. The zero-order valence-electron chi connectivity index (χ0n) is 7.74. The Bertz CT molecular complexity index is 242. The largest absolute Gasteiger partial charge is 0.330 e. The molecule has 0 atom stereocenters. The van der Waals surface area contributed by atoms with Gasteiger partial charge in [0.25, 0.3) is 0 Å². The molecule has 0 aliphatic heterocycles. The molecule has 1 rings (SSSR count). The number of nitrogens with zero attached hydrogens (tertiary/aromatic N) is 2. The van der Waals surface area contributed by atoms with E-state index in [0.29, 0.717) is 6.54 Å². The van der Waals surface area contributed by atoms with Gasteiger partial charge >= 0.3 is 0 Å². The molecule has 0 aromatic carbocycles. The van der Waals surface area contributed by atoms with Crippen LogP contribution in [0.5, 0.6) is 0 Å². The molecule has 12 heavy (non-hydrogen) atoms. The SMILES string of the molecule is Cl.Cn1cc(C(C)(C)CN)cn1. The molecular weight excluding hydrogens is 174 g/mol. The zero-order valence-corrected chi connectivity index (χ0v) is 8.56. The molecule has 0 spiro atoms. The fraction of sp³-hybridized carbons (Fsp3) is 0.625. The fourth-order valence-electron chi connectivity index (χ4n) is 0.889. The Morgan fingerprint density at radius 2 is 2.17 bits per heavy atom. The summed E-state index contributed by atoms with van der Waals surface area (Å²) in [7, 11) is 1.91. The smallest absolute Gasteiger partial charge is 0.0527 e. The molecule has 1 aromatic heterocycles. The van der Waals surface area contributed by atoms with Gasteiger partial charge in [0, 0.05) is 25.2 Å². The minimum absolute atomic E-state index is 0. The van der Waals surface area contributed by atoms with Gasteiger partial charge in [0.15, 0.2) is 0 Å². The van der Waals surface area contributed by atoms with Crippen LogP contribution in [0.1, 0.15) is 19.4 Å². The van der Waals surface area contributed by atoms with E-state index < -0.39 is 0 Å². The van der Waals surface area contributed by atoms with Crippen LogP contribution in [-0.4, -0.2) is 16.3 Å². The Balaban J connectivity index is 0.00000121. The highest BCUT2D eigenvalue weighted by molar-refractivity contribution is 5.85. The first-order valence-corrected chi connectivity index (χ1v) is 3.75. The first-order valence-electron chi connectivity index (χ1n) is 3.75. The highest BCUT2D eigenvalue weighted by atomic mass is 35.5. The fourth-order valence-corrected chi connectivity index (χ4v) is 0.889. The van der Waals surface area contributed by atoms with Crippen LogP contribution in [0.25, 0.3) is 0 Å². The van der Waals surface area contributed by atoms with Crippen LogP contribution in [0.15, 0.2) is 12.4 Å². The molecule has 0 radical (unpaired) electrons. The van der Waals surface area contributed by atoms with Crippen LogP contribution in [0.2, 0.25) is 0 Å². The van der Waals surface area contributed by atoms with Gasteiger partial charge in [-0.3, -0.25) is 4.68 Å². The Hall–Kier alpha value is -0.540. The molecule has 0 amide bonds. The zero-order chi connectivity index (χ0) is 8.48. The van der Waals surface area contributed by atoms with Crippen molar-refractivity contribution in [3.8, 4) is 0 Å². The lowest BCUT2D eigenvalue weighted by Crippen LogP contribution is -2.27. The molecule has 0 fully saturated rings. The van der Waals surface area contributed by atoms with Crippen LogP contribution in [0, 0.1) is 0 Å². The maximum absolute atomic E-state index is 5.61. The third-order valence-corrected chi connectivity index (χ3v) is 2.00. The van der Waals surface area contributed by atoms with Gasteiger partial charge in [-0.1, -0.05) is 13.8 Å². The van der Waals surface area contributed by atoms with E-state index in [4.69, 9.17) is 5.73 Å². The van der Waals surface area contributed by atoms with Gasteiger partial charge in [0.2, 0.25) is 0 Å². The van der Waals surface area contributed by atoms with Crippen molar-refractivity contribution in [1.82, 2.24) is 9.78 Å². The first kappa shape index (κ1) is 11.5. The maximum atomic E-state index is 5.61. The summed E-state index contributed by atoms with van der Waals surface area (Å²) in [6, 6.07) is 0. The first-order chi connectivity index (χ1) is 5.06. The average molecular weight is 190 g/mol. The molecule has 1 aromatic rings. The molecule has 2 N–H and O–H groups in total. The summed E-state index contributed by atoms with van der Waals surface area (Å²) < 4.78 is 1.80. The number of hydrogen-bond acceptors (Lipinski definition) is 2. The Morgan fingerprint density at radius 3 is 2.50 bits per heavy atom. The number of aryl methyl sites for hydroxylation is 1. The van der Waals surface area contributed by atoms with E-state index in [-0.39, 0.29) is 17.8 Å². The van der Waals surface area contributed by atoms with Gasteiger partial charge in [-0.25, -0.2) is 0 Å². The third-order valence-electron chi connectivity index (χ3n) is 2.00. The van der Waals surface area contributed by atoms with Crippen molar-refractivity contribution in [2.24, 2.45) is 12.8 Å². The molecule has 0 saturated heterocycles. The second-order valence-electron chi connectivity index (χ2n) is 3.49. The number of halogens is 1. The maximum Gasteiger partial charge on any atom is 0.0527 e. The lowest BCUT2D eigenvalue weighted by molar-refractivity contribution is 0.538. The predicted octanol–water partition coefficient (Wildman–Crippen LogP) is 1.08. The van der Waals surface area contributed by atoms with Gasteiger partial charge in [-0.2, -0.15) is 5.10 Å². The molecule has 4 heteroatoms. The van der Waals surface area contributed by atoms with Crippen molar-refractivity contribution in [1.29, 1.82) is 0 Å². The van der Waals surface area contributed by atoms with Crippen molar-refractivity contribution in [3.63, 3.8) is 0 Å². The number of aromatic nitrogens is 2. The standard InChI is InChI=1S/C8H15N3.ClH/c1-8(2,6-9)7-4-10-11(3)5-7;/h4-5H,6,9H2,1-3H3;1H. The monoisotopic (exact) mass is 189 g/mol. The van der Waals surface area contributed by atoms with E-state index in [2.05, 4.69) is 18.9 Å². The quantitative estimate of drug-likeness (QED) is 0.757. The molecule has 1 heterocycles. The van der Waals surface area contributed by atoms with Crippen molar-refractivity contribution in [3.05, 3.63) is 18.0 Å². The van der Waals surface area contributed by atoms with Crippen molar-refractivity contribution in [2.75, 3.05) is 6.54 Å². The summed E-state index contributed by atoms with van der Waals surface area (Å²) in [5, 5.41) is 4.09.